The Hall–Kier alpha value is -2.21. The SMILES string of the molecule is CNc1ncccc1CN1CCC[C@]1(C)c1nc(C)cc(N(C)C)n1. The predicted molar refractivity (Wildman–Crippen MR) is 102 cm³/mol. The van der Waals surface area contributed by atoms with Crippen molar-refractivity contribution in [2.75, 3.05) is 37.9 Å². The van der Waals surface area contributed by atoms with Crippen molar-refractivity contribution in [3.8, 4) is 0 Å². The second-order valence-electron chi connectivity index (χ2n) is 7.15. The van der Waals surface area contributed by atoms with E-state index in [1.165, 1.54) is 5.56 Å². The molecule has 0 amide bonds. The highest BCUT2D eigenvalue weighted by atomic mass is 15.3. The van der Waals surface area contributed by atoms with Crippen LogP contribution in [0.1, 0.15) is 36.8 Å². The Balaban J connectivity index is 1.94. The summed E-state index contributed by atoms with van der Waals surface area (Å²) >= 11 is 0. The zero-order valence-electron chi connectivity index (χ0n) is 15.9. The molecule has 1 atom stereocenters. The van der Waals surface area contributed by atoms with Gasteiger partial charge in [-0.3, -0.25) is 4.90 Å². The van der Waals surface area contributed by atoms with E-state index in [0.29, 0.717) is 0 Å². The van der Waals surface area contributed by atoms with Crippen LogP contribution in [-0.4, -0.2) is 47.5 Å². The van der Waals surface area contributed by atoms with Crippen molar-refractivity contribution in [2.24, 2.45) is 0 Å². The van der Waals surface area contributed by atoms with Crippen LogP contribution >= 0.6 is 0 Å². The monoisotopic (exact) mass is 340 g/mol. The van der Waals surface area contributed by atoms with E-state index in [2.05, 4.69) is 28.2 Å². The van der Waals surface area contributed by atoms with Gasteiger partial charge in [-0.05, 0) is 39.3 Å². The molecule has 3 rings (SSSR count). The van der Waals surface area contributed by atoms with Crippen LogP contribution in [0.25, 0.3) is 0 Å². The molecule has 0 aromatic carbocycles. The van der Waals surface area contributed by atoms with Crippen LogP contribution in [0, 0.1) is 6.92 Å². The van der Waals surface area contributed by atoms with Crippen molar-refractivity contribution in [2.45, 2.75) is 38.8 Å². The van der Waals surface area contributed by atoms with Crippen LogP contribution in [0.15, 0.2) is 24.4 Å². The molecule has 1 N–H and O–H groups in total. The number of hydrogen-bond acceptors (Lipinski definition) is 6. The van der Waals surface area contributed by atoms with Gasteiger partial charge >= 0.3 is 0 Å². The van der Waals surface area contributed by atoms with E-state index in [4.69, 9.17) is 9.97 Å². The Bertz CT molecular complexity index is 744. The number of nitrogens with one attached hydrogen (secondary N) is 1. The summed E-state index contributed by atoms with van der Waals surface area (Å²) in [4.78, 5) is 18.6. The Kier molecular flexibility index (Phi) is 4.90. The average Bonchev–Trinajstić information content (AvgIpc) is 2.97. The third-order valence-electron chi connectivity index (χ3n) is 5.06. The zero-order chi connectivity index (χ0) is 18.0. The van der Waals surface area contributed by atoms with E-state index >= 15 is 0 Å². The Labute approximate surface area is 150 Å². The molecule has 1 saturated heterocycles. The van der Waals surface area contributed by atoms with E-state index in [-0.39, 0.29) is 5.54 Å². The number of anilines is 2. The molecular weight excluding hydrogens is 312 g/mol. The van der Waals surface area contributed by atoms with Gasteiger partial charge in [0.05, 0.1) is 5.54 Å². The van der Waals surface area contributed by atoms with Crippen LogP contribution in [0.3, 0.4) is 0 Å². The van der Waals surface area contributed by atoms with Crippen LogP contribution in [0.2, 0.25) is 0 Å². The molecule has 0 saturated carbocycles. The molecule has 134 valence electrons. The first-order valence-electron chi connectivity index (χ1n) is 8.84. The van der Waals surface area contributed by atoms with Gasteiger partial charge in [0.2, 0.25) is 0 Å². The van der Waals surface area contributed by atoms with Crippen molar-refractivity contribution >= 4 is 11.6 Å². The molecule has 3 heterocycles. The van der Waals surface area contributed by atoms with Crippen molar-refractivity contribution in [3.05, 3.63) is 41.5 Å². The van der Waals surface area contributed by atoms with Crippen LogP contribution in [0.4, 0.5) is 11.6 Å². The second-order valence-corrected chi connectivity index (χ2v) is 7.15. The molecule has 25 heavy (non-hydrogen) atoms. The maximum Gasteiger partial charge on any atom is 0.150 e. The summed E-state index contributed by atoms with van der Waals surface area (Å²) in [5.74, 6) is 2.83. The lowest BCUT2D eigenvalue weighted by atomic mass is 9.97. The van der Waals surface area contributed by atoms with Gasteiger partial charge in [-0.25, -0.2) is 15.0 Å². The number of pyridine rings is 1. The van der Waals surface area contributed by atoms with Crippen molar-refractivity contribution in [1.82, 2.24) is 19.9 Å². The maximum absolute atomic E-state index is 4.86. The summed E-state index contributed by atoms with van der Waals surface area (Å²) in [6.45, 7) is 6.20. The minimum Gasteiger partial charge on any atom is -0.373 e. The summed E-state index contributed by atoms with van der Waals surface area (Å²) in [6.07, 6.45) is 4.05. The topological polar surface area (TPSA) is 57.2 Å². The molecule has 0 aliphatic carbocycles. The third-order valence-corrected chi connectivity index (χ3v) is 5.06. The quantitative estimate of drug-likeness (QED) is 0.903. The highest BCUT2D eigenvalue weighted by molar-refractivity contribution is 5.43. The minimum atomic E-state index is -0.155. The van der Waals surface area contributed by atoms with E-state index in [0.717, 1.165) is 49.1 Å². The van der Waals surface area contributed by atoms with E-state index in [9.17, 15) is 0 Å². The van der Waals surface area contributed by atoms with Gasteiger partial charge in [0.25, 0.3) is 0 Å². The average molecular weight is 340 g/mol. The first-order valence-corrected chi connectivity index (χ1v) is 8.84. The molecule has 0 spiro atoms. The van der Waals surface area contributed by atoms with Gasteiger partial charge in [0.1, 0.15) is 11.6 Å². The van der Waals surface area contributed by atoms with Gasteiger partial charge in [-0.1, -0.05) is 6.07 Å². The molecule has 2 aromatic heterocycles. The molecule has 1 aliphatic rings. The maximum atomic E-state index is 4.86. The van der Waals surface area contributed by atoms with E-state index < -0.39 is 0 Å². The normalized spacial score (nSPS) is 20.7. The standard InChI is InChI=1S/C19H28N6/c1-14-12-16(24(4)5)23-18(22-14)19(2)9-7-11-25(19)13-15-8-6-10-21-17(15)20-3/h6,8,10,12H,7,9,11,13H2,1-5H3,(H,20,21)/t19-/m1/s1. The summed E-state index contributed by atoms with van der Waals surface area (Å²) in [5, 5.41) is 3.19. The van der Waals surface area contributed by atoms with Gasteiger partial charge in [0.15, 0.2) is 5.82 Å². The Morgan fingerprint density at radius 3 is 2.84 bits per heavy atom. The molecular formula is C19H28N6. The largest absolute Gasteiger partial charge is 0.373 e. The number of rotatable bonds is 5. The Morgan fingerprint density at radius 1 is 1.32 bits per heavy atom. The molecule has 6 heteroatoms. The third kappa shape index (κ3) is 3.44. The van der Waals surface area contributed by atoms with Gasteiger partial charge < -0.3 is 10.2 Å². The predicted octanol–water partition coefficient (Wildman–Crippen LogP) is 2.80. The van der Waals surface area contributed by atoms with Gasteiger partial charge in [-0.2, -0.15) is 0 Å². The molecule has 0 radical (unpaired) electrons. The molecule has 2 aromatic rings. The fourth-order valence-corrected chi connectivity index (χ4v) is 3.54. The van der Waals surface area contributed by atoms with E-state index in [1.54, 1.807) is 0 Å². The lowest BCUT2D eigenvalue weighted by Gasteiger charge is -2.34. The van der Waals surface area contributed by atoms with Gasteiger partial charge in [0, 0.05) is 51.2 Å². The lowest BCUT2D eigenvalue weighted by molar-refractivity contribution is 0.138. The van der Waals surface area contributed by atoms with Gasteiger partial charge in [-0.15, -0.1) is 0 Å². The summed E-state index contributed by atoms with van der Waals surface area (Å²) in [7, 11) is 5.96. The lowest BCUT2D eigenvalue weighted by Crippen LogP contribution is -2.40. The first-order chi connectivity index (χ1) is 11.9. The smallest absolute Gasteiger partial charge is 0.150 e. The van der Waals surface area contributed by atoms with Crippen molar-refractivity contribution < 1.29 is 0 Å². The fourth-order valence-electron chi connectivity index (χ4n) is 3.54. The molecule has 1 fully saturated rings. The highest BCUT2D eigenvalue weighted by Gasteiger charge is 2.41. The summed E-state index contributed by atoms with van der Waals surface area (Å²) < 4.78 is 0. The van der Waals surface area contributed by atoms with Crippen molar-refractivity contribution in [1.29, 1.82) is 0 Å². The Morgan fingerprint density at radius 2 is 2.12 bits per heavy atom. The van der Waals surface area contributed by atoms with Crippen LogP contribution < -0.4 is 10.2 Å². The van der Waals surface area contributed by atoms with Crippen LogP contribution in [-0.2, 0) is 12.1 Å². The second kappa shape index (κ2) is 6.96. The number of likely N-dealkylation sites (tertiary alicyclic amines) is 1. The molecule has 0 unspecified atom stereocenters. The molecule has 1 aliphatic heterocycles. The fraction of sp³-hybridized carbons (Fsp3) is 0.526. The number of hydrogen-bond donors (Lipinski definition) is 1. The minimum absolute atomic E-state index is 0.155. The highest BCUT2D eigenvalue weighted by Crippen LogP contribution is 2.38. The number of aromatic nitrogens is 3. The van der Waals surface area contributed by atoms with Crippen LogP contribution in [0.5, 0.6) is 0 Å². The molecule has 6 nitrogen and oxygen atoms in total. The van der Waals surface area contributed by atoms with Crippen molar-refractivity contribution in [3.63, 3.8) is 0 Å². The number of nitrogens with zero attached hydrogens (tertiary/aromatic N) is 5. The first kappa shape index (κ1) is 17.6. The summed E-state index contributed by atoms with van der Waals surface area (Å²) in [5.41, 5.74) is 2.06. The molecule has 0 bridgehead atoms. The number of aryl methyl sites for hydroxylation is 1. The zero-order valence-corrected chi connectivity index (χ0v) is 15.9. The summed E-state index contributed by atoms with van der Waals surface area (Å²) in [6, 6.07) is 6.17. The van der Waals surface area contributed by atoms with E-state index in [1.807, 2.05) is 51.3 Å².